The fourth-order valence-corrected chi connectivity index (χ4v) is 1.91. The molecule has 2 amide bonds. The van der Waals surface area contributed by atoms with Crippen molar-refractivity contribution in [3.63, 3.8) is 0 Å². The van der Waals surface area contributed by atoms with Crippen LogP contribution in [0.3, 0.4) is 0 Å². The number of amides is 2. The van der Waals surface area contributed by atoms with Crippen LogP contribution in [-0.4, -0.2) is 23.3 Å². The molecule has 0 spiro atoms. The molecule has 1 aromatic heterocycles. The Morgan fingerprint density at radius 3 is 2.26 bits per heavy atom. The molecule has 23 heavy (non-hydrogen) atoms. The maximum absolute atomic E-state index is 13.3. The molecule has 126 valence electrons. The average molecular weight is 334 g/mol. The first kappa shape index (κ1) is 17.0. The molecule has 0 unspecified atom stereocenters. The summed E-state index contributed by atoms with van der Waals surface area (Å²) in [4.78, 5) is 25.3. The summed E-state index contributed by atoms with van der Waals surface area (Å²) in [5.41, 5.74) is 2.45. The first-order chi connectivity index (χ1) is 10.8. The number of hydrazine groups is 1. The number of nitrogens with one attached hydrogen (secondary N) is 3. The highest BCUT2D eigenvalue weighted by atomic mass is 19.2. The number of nitrogens with zero attached hydrogens (tertiary/aromatic N) is 1. The molecule has 1 fully saturated rings. The first-order valence-corrected chi connectivity index (χ1v) is 6.83. The van der Waals surface area contributed by atoms with Gasteiger partial charge in [0, 0.05) is 18.9 Å². The Morgan fingerprint density at radius 1 is 1.17 bits per heavy atom. The lowest BCUT2D eigenvalue weighted by Crippen LogP contribution is -2.35. The van der Waals surface area contributed by atoms with E-state index in [9.17, 15) is 27.2 Å². The molecule has 1 heterocycles. The van der Waals surface area contributed by atoms with Crippen molar-refractivity contribution in [2.45, 2.75) is 19.8 Å². The molecule has 3 N–H and O–H groups in total. The Labute approximate surface area is 128 Å². The van der Waals surface area contributed by atoms with E-state index >= 15 is 0 Å². The zero-order valence-electron chi connectivity index (χ0n) is 12.1. The van der Waals surface area contributed by atoms with Gasteiger partial charge < -0.3 is 5.32 Å². The van der Waals surface area contributed by atoms with Crippen LogP contribution < -0.4 is 16.2 Å². The fraction of sp³-hybridized carbons (Fsp3) is 0.462. The van der Waals surface area contributed by atoms with Crippen LogP contribution in [0.1, 0.15) is 19.8 Å². The summed E-state index contributed by atoms with van der Waals surface area (Å²) in [7, 11) is 0. The number of pyridine rings is 1. The lowest BCUT2D eigenvalue weighted by molar-refractivity contribution is -0.123. The van der Waals surface area contributed by atoms with Gasteiger partial charge in [0.1, 0.15) is 5.69 Å². The second-order valence-electron chi connectivity index (χ2n) is 5.23. The van der Waals surface area contributed by atoms with Gasteiger partial charge in [-0.2, -0.15) is 22.5 Å². The van der Waals surface area contributed by atoms with Gasteiger partial charge in [-0.15, -0.1) is 0 Å². The van der Waals surface area contributed by atoms with Crippen LogP contribution in [-0.2, 0) is 9.59 Å². The highest BCUT2D eigenvalue weighted by molar-refractivity contribution is 5.82. The van der Waals surface area contributed by atoms with Crippen LogP contribution in [0.2, 0.25) is 0 Å². The Kier molecular flexibility index (Phi) is 5.02. The number of rotatable bonds is 6. The van der Waals surface area contributed by atoms with Crippen molar-refractivity contribution in [3.05, 3.63) is 23.5 Å². The highest BCUT2D eigenvalue weighted by Gasteiger charge is 2.38. The lowest BCUT2D eigenvalue weighted by atomic mass is 10.3. The first-order valence-electron chi connectivity index (χ1n) is 6.83. The van der Waals surface area contributed by atoms with E-state index in [1.807, 2.05) is 12.3 Å². The normalized spacial score (nSPS) is 19.2. The Morgan fingerprint density at radius 2 is 1.74 bits per heavy atom. The summed E-state index contributed by atoms with van der Waals surface area (Å²) in [5.74, 6) is -7.81. The van der Waals surface area contributed by atoms with Crippen LogP contribution in [0.15, 0.2) is 0 Å². The summed E-state index contributed by atoms with van der Waals surface area (Å²) >= 11 is 0. The van der Waals surface area contributed by atoms with Gasteiger partial charge >= 0.3 is 0 Å². The minimum Gasteiger partial charge on any atom is -0.355 e. The van der Waals surface area contributed by atoms with Crippen molar-refractivity contribution in [1.82, 2.24) is 15.7 Å². The standard InChI is InChI=1S/C13H14F4N4O2/c1-5-4-6(5)13(23)18-3-2-7(22)20-21-10-8(14)11(16)19-12(17)9(10)15/h5-6H,2-4H2,1H3,(H,18,23)(H,19,21)(H,20,22)/t5-,6+/m0/s1. The second kappa shape index (κ2) is 6.80. The lowest BCUT2D eigenvalue weighted by Gasteiger charge is -2.11. The monoisotopic (exact) mass is 334 g/mol. The highest BCUT2D eigenvalue weighted by Crippen LogP contribution is 2.37. The average Bonchev–Trinajstić information content (AvgIpc) is 3.22. The Balaban J connectivity index is 1.79. The van der Waals surface area contributed by atoms with Crippen molar-refractivity contribution >= 4 is 17.5 Å². The van der Waals surface area contributed by atoms with Gasteiger partial charge in [-0.3, -0.25) is 20.4 Å². The number of aromatic nitrogens is 1. The van der Waals surface area contributed by atoms with Crippen molar-refractivity contribution in [2.24, 2.45) is 11.8 Å². The van der Waals surface area contributed by atoms with Gasteiger partial charge in [0.15, 0.2) is 0 Å². The fourth-order valence-electron chi connectivity index (χ4n) is 1.91. The predicted octanol–water partition coefficient (Wildman–Crippen LogP) is 1.24. The van der Waals surface area contributed by atoms with Crippen molar-refractivity contribution < 1.29 is 27.2 Å². The molecule has 0 aromatic carbocycles. The van der Waals surface area contributed by atoms with E-state index in [4.69, 9.17) is 0 Å². The Bertz CT molecular complexity index is 615. The molecule has 2 rings (SSSR count). The summed E-state index contributed by atoms with van der Waals surface area (Å²) in [6.07, 6.45) is 0.621. The van der Waals surface area contributed by atoms with Gasteiger partial charge in [0.2, 0.25) is 23.4 Å². The third-order valence-electron chi connectivity index (χ3n) is 3.42. The molecule has 1 saturated carbocycles. The maximum Gasteiger partial charge on any atom is 0.254 e. The largest absolute Gasteiger partial charge is 0.355 e. The van der Waals surface area contributed by atoms with Crippen molar-refractivity contribution in [1.29, 1.82) is 0 Å². The SMILES string of the molecule is C[C@H]1C[C@H]1C(=O)NCCC(=O)NNc1c(F)c(F)nc(F)c1F. The summed E-state index contributed by atoms with van der Waals surface area (Å²) in [6.45, 7) is 1.95. The molecule has 10 heteroatoms. The molecule has 0 bridgehead atoms. The number of carbonyl (C=O) groups excluding carboxylic acids is 2. The van der Waals surface area contributed by atoms with E-state index in [2.05, 4.69) is 10.3 Å². The summed E-state index contributed by atoms with van der Waals surface area (Å²) in [5, 5.41) is 2.54. The maximum atomic E-state index is 13.3. The van der Waals surface area contributed by atoms with E-state index in [1.54, 1.807) is 5.43 Å². The zero-order chi connectivity index (χ0) is 17.1. The van der Waals surface area contributed by atoms with Gasteiger partial charge in [-0.1, -0.05) is 6.92 Å². The van der Waals surface area contributed by atoms with Crippen LogP contribution >= 0.6 is 0 Å². The van der Waals surface area contributed by atoms with Gasteiger partial charge in [-0.25, -0.2) is 0 Å². The minimum atomic E-state index is -1.84. The number of carbonyl (C=O) groups is 2. The zero-order valence-corrected chi connectivity index (χ0v) is 12.1. The third-order valence-corrected chi connectivity index (χ3v) is 3.42. The smallest absolute Gasteiger partial charge is 0.254 e. The van der Waals surface area contributed by atoms with Crippen LogP contribution in [0.25, 0.3) is 0 Å². The second-order valence-corrected chi connectivity index (χ2v) is 5.23. The van der Waals surface area contributed by atoms with Crippen LogP contribution in [0.5, 0.6) is 0 Å². The summed E-state index contributed by atoms with van der Waals surface area (Å²) in [6, 6.07) is 0. The number of halogens is 4. The number of anilines is 1. The Hall–Kier alpha value is -2.39. The molecule has 0 aliphatic heterocycles. The number of hydrogen-bond donors (Lipinski definition) is 3. The topological polar surface area (TPSA) is 83.1 Å². The quantitative estimate of drug-likeness (QED) is 0.415. The minimum absolute atomic E-state index is 0.0274. The molecule has 0 radical (unpaired) electrons. The molecule has 2 atom stereocenters. The van der Waals surface area contributed by atoms with E-state index in [1.165, 1.54) is 0 Å². The molecule has 1 aromatic rings. The van der Waals surface area contributed by atoms with E-state index in [0.29, 0.717) is 5.92 Å². The van der Waals surface area contributed by atoms with Crippen LogP contribution in [0.4, 0.5) is 23.2 Å². The van der Waals surface area contributed by atoms with Gasteiger partial charge in [-0.05, 0) is 12.3 Å². The number of hydrogen-bond acceptors (Lipinski definition) is 4. The third kappa shape index (κ3) is 4.08. The molecule has 1 aliphatic rings. The van der Waals surface area contributed by atoms with Gasteiger partial charge in [0.25, 0.3) is 11.9 Å². The molecular formula is C13H14F4N4O2. The molecular weight excluding hydrogens is 320 g/mol. The van der Waals surface area contributed by atoms with E-state index in [0.717, 1.165) is 6.42 Å². The van der Waals surface area contributed by atoms with E-state index in [-0.39, 0.29) is 24.8 Å². The molecule has 1 aliphatic carbocycles. The molecule has 0 saturated heterocycles. The molecule has 6 nitrogen and oxygen atoms in total. The van der Waals surface area contributed by atoms with Crippen molar-refractivity contribution in [2.75, 3.05) is 12.0 Å². The van der Waals surface area contributed by atoms with Gasteiger partial charge in [0.05, 0.1) is 0 Å². The predicted molar refractivity (Wildman–Crippen MR) is 70.7 cm³/mol. The summed E-state index contributed by atoms with van der Waals surface area (Å²) < 4.78 is 52.2. The van der Waals surface area contributed by atoms with E-state index < -0.39 is 35.1 Å². The van der Waals surface area contributed by atoms with Crippen LogP contribution in [0, 0.1) is 35.4 Å². The van der Waals surface area contributed by atoms with Crippen molar-refractivity contribution in [3.8, 4) is 0 Å².